The third-order valence-electron chi connectivity index (χ3n) is 5.66. The molecule has 186 valence electrons. The Balaban J connectivity index is 1.53. The van der Waals surface area contributed by atoms with E-state index in [0.717, 1.165) is 5.56 Å². The number of carbonyl (C=O) groups is 1. The van der Waals surface area contributed by atoms with Gasteiger partial charge in [0.25, 0.3) is 0 Å². The van der Waals surface area contributed by atoms with E-state index in [0.29, 0.717) is 46.5 Å². The Bertz CT molecular complexity index is 1100. The summed E-state index contributed by atoms with van der Waals surface area (Å²) < 4.78 is 38.3. The molecule has 0 saturated carbocycles. The number of amides is 1. The number of halogens is 2. The monoisotopic (exact) mass is 528 g/mol. The number of carbonyl (C=O) groups excluding carboxylic acids is 1. The number of nitrogens with one attached hydrogen (secondary N) is 1. The van der Waals surface area contributed by atoms with Crippen LogP contribution in [-0.2, 0) is 27.1 Å². The Morgan fingerprint density at radius 2 is 1.76 bits per heavy atom. The summed E-state index contributed by atoms with van der Waals surface area (Å²) >= 11 is 12.3. The maximum absolute atomic E-state index is 12.9. The molecule has 34 heavy (non-hydrogen) atoms. The van der Waals surface area contributed by atoms with Crippen LogP contribution in [0.15, 0.2) is 36.4 Å². The zero-order valence-corrected chi connectivity index (χ0v) is 21.8. The van der Waals surface area contributed by atoms with Gasteiger partial charge < -0.3 is 14.8 Å². The molecule has 7 nitrogen and oxygen atoms in total. The number of hydrogen-bond donors (Lipinski definition) is 1. The van der Waals surface area contributed by atoms with Crippen LogP contribution in [0.1, 0.15) is 37.8 Å². The van der Waals surface area contributed by atoms with Crippen LogP contribution >= 0.6 is 23.2 Å². The van der Waals surface area contributed by atoms with Crippen molar-refractivity contribution in [3.63, 3.8) is 0 Å². The number of ether oxygens (including phenoxy) is 2. The van der Waals surface area contributed by atoms with Crippen LogP contribution in [0.5, 0.6) is 11.5 Å². The molecule has 1 N–H and O–H groups in total. The summed E-state index contributed by atoms with van der Waals surface area (Å²) in [7, 11) is -2.02. The molecular formula is C24H30Cl2N2O5S. The Labute approximate surface area is 211 Å². The van der Waals surface area contributed by atoms with Gasteiger partial charge in [0.2, 0.25) is 15.9 Å². The first-order valence-electron chi connectivity index (χ1n) is 11.1. The first-order valence-corrected chi connectivity index (χ1v) is 13.5. The van der Waals surface area contributed by atoms with E-state index in [1.54, 1.807) is 25.3 Å². The fourth-order valence-electron chi connectivity index (χ4n) is 3.85. The van der Waals surface area contributed by atoms with Crippen LogP contribution in [0, 0.1) is 5.92 Å². The zero-order chi connectivity index (χ0) is 24.9. The summed E-state index contributed by atoms with van der Waals surface area (Å²) in [4.78, 5) is 12.7. The second-order valence-corrected chi connectivity index (χ2v) is 11.3. The van der Waals surface area contributed by atoms with E-state index in [-0.39, 0.29) is 36.8 Å². The molecule has 0 atom stereocenters. The van der Waals surface area contributed by atoms with Gasteiger partial charge in [-0.05, 0) is 56.5 Å². The fraction of sp³-hybridized carbons (Fsp3) is 0.458. The molecule has 1 aliphatic rings. The Morgan fingerprint density at radius 1 is 1.12 bits per heavy atom. The van der Waals surface area contributed by atoms with Gasteiger partial charge in [-0.15, -0.1) is 0 Å². The van der Waals surface area contributed by atoms with Gasteiger partial charge in [-0.3, -0.25) is 4.79 Å². The van der Waals surface area contributed by atoms with Crippen LogP contribution in [0.4, 0.5) is 0 Å². The van der Waals surface area contributed by atoms with Gasteiger partial charge in [0.15, 0.2) is 11.5 Å². The number of rotatable bonds is 9. The Kier molecular flexibility index (Phi) is 9.09. The van der Waals surface area contributed by atoms with E-state index in [2.05, 4.69) is 5.32 Å². The van der Waals surface area contributed by atoms with E-state index >= 15 is 0 Å². The zero-order valence-electron chi connectivity index (χ0n) is 19.5. The van der Waals surface area contributed by atoms with Gasteiger partial charge >= 0.3 is 0 Å². The predicted molar refractivity (Wildman–Crippen MR) is 134 cm³/mol. The van der Waals surface area contributed by atoms with Crippen LogP contribution in [0.25, 0.3) is 0 Å². The van der Waals surface area contributed by atoms with Crippen molar-refractivity contribution in [2.45, 2.75) is 45.1 Å². The smallest absolute Gasteiger partial charge is 0.223 e. The third kappa shape index (κ3) is 6.78. The lowest BCUT2D eigenvalue weighted by Gasteiger charge is -2.30. The molecule has 0 aromatic heterocycles. The first kappa shape index (κ1) is 26.6. The normalized spacial score (nSPS) is 15.4. The molecule has 0 bridgehead atoms. The molecule has 3 rings (SSSR count). The number of hydrogen-bond acceptors (Lipinski definition) is 5. The summed E-state index contributed by atoms with van der Waals surface area (Å²) in [6, 6.07) is 10.5. The molecule has 10 heteroatoms. The molecule has 1 amide bonds. The Hall–Kier alpha value is -2.00. The van der Waals surface area contributed by atoms with Crippen LogP contribution in [0.3, 0.4) is 0 Å². The molecule has 2 aromatic rings. The first-order chi connectivity index (χ1) is 16.1. The maximum Gasteiger partial charge on any atom is 0.223 e. The van der Waals surface area contributed by atoms with Crippen molar-refractivity contribution in [3.8, 4) is 11.5 Å². The van der Waals surface area contributed by atoms with Crippen molar-refractivity contribution in [3.05, 3.63) is 57.6 Å². The third-order valence-corrected chi connectivity index (χ3v) is 8.18. The molecule has 2 aromatic carbocycles. The number of sulfonamides is 1. The molecular weight excluding hydrogens is 499 g/mol. The van der Waals surface area contributed by atoms with E-state index in [1.807, 2.05) is 32.0 Å². The van der Waals surface area contributed by atoms with Crippen molar-refractivity contribution in [2.24, 2.45) is 5.92 Å². The molecule has 0 radical (unpaired) electrons. The minimum absolute atomic E-state index is 0.0239. The molecule has 0 unspecified atom stereocenters. The highest BCUT2D eigenvalue weighted by atomic mass is 35.5. The predicted octanol–water partition coefficient (Wildman–Crippen LogP) is 4.65. The van der Waals surface area contributed by atoms with E-state index < -0.39 is 10.0 Å². The molecule has 1 saturated heterocycles. The Morgan fingerprint density at radius 3 is 2.35 bits per heavy atom. The lowest BCUT2D eigenvalue weighted by Crippen LogP contribution is -2.43. The summed E-state index contributed by atoms with van der Waals surface area (Å²) in [5.41, 5.74) is 1.28. The average molecular weight is 529 g/mol. The van der Waals surface area contributed by atoms with Gasteiger partial charge in [0, 0.05) is 41.2 Å². The van der Waals surface area contributed by atoms with E-state index in [4.69, 9.17) is 32.7 Å². The van der Waals surface area contributed by atoms with Crippen molar-refractivity contribution in [2.75, 3.05) is 20.2 Å². The lowest BCUT2D eigenvalue weighted by atomic mass is 9.97. The van der Waals surface area contributed by atoms with Crippen molar-refractivity contribution < 1.29 is 22.7 Å². The number of piperidine rings is 1. The minimum atomic E-state index is -3.60. The largest absolute Gasteiger partial charge is 0.493 e. The van der Waals surface area contributed by atoms with Gasteiger partial charge in [-0.25, -0.2) is 12.7 Å². The lowest BCUT2D eigenvalue weighted by molar-refractivity contribution is -0.126. The maximum atomic E-state index is 12.9. The van der Waals surface area contributed by atoms with Crippen LogP contribution < -0.4 is 14.8 Å². The van der Waals surface area contributed by atoms with Gasteiger partial charge in [0.05, 0.1) is 19.0 Å². The van der Waals surface area contributed by atoms with Gasteiger partial charge in [-0.1, -0.05) is 35.3 Å². The second kappa shape index (κ2) is 11.6. The molecule has 1 fully saturated rings. The van der Waals surface area contributed by atoms with Crippen molar-refractivity contribution in [1.82, 2.24) is 9.62 Å². The highest BCUT2D eigenvalue weighted by Gasteiger charge is 2.32. The van der Waals surface area contributed by atoms with Crippen molar-refractivity contribution in [1.29, 1.82) is 0 Å². The molecule has 1 heterocycles. The summed E-state index contributed by atoms with van der Waals surface area (Å²) in [6.07, 6.45) is 0.924. The number of nitrogens with zero attached hydrogens (tertiary/aromatic N) is 1. The van der Waals surface area contributed by atoms with Crippen LogP contribution in [-0.4, -0.2) is 44.9 Å². The minimum Gasteiger partial charge on any atom is -0.493 e. The average Bonchev–Trinajstić information content (AvgIpc) is 2.80. The highest BCUT2D eigenvalue weighted by molar-refractivity contribution is 7.88. The van der Waals surface area contributed by atoms with E-state index in [9.17, 15) is 13.2 Å². The highest BCUT2D eigenvalue weighted by Crippen LogP contribution is 2.30. The molecule has 1 aliphatic heterocycles. The topological polar surface area (TPSA) is 84.9 Å². The van der Waals surface area contributed by atoms with Crippen LogP contribution in [0.2, 0.25) is 10.0 Å². The van der Waals surface area contributed by atoms with Crippen molar-refractivity contribution >= 4 is 39.1 Å². The van der Waals surface area contributed by atoms with Gasteiger partial charge in [0.1, 0.15) is 0 Å². The quantitative estimate of drug-likeness (QED) is 0.512. The second-order valence-electron chi connectivity index (χ2n) is 8.50. The summed E-state index contributed by atoms with van der Waals surface area (Å²) in [5.74, 6) is 0.658. The fourth-order valence-corrected chi connectivity index (χ4v) is 6.16. The van der Waals surface area contributed by atoms with Gasteiger partial charge in [-0.2, -0.15) is 0 Å². The standard InChI is InChI=1S/C24H30Cl2N2O5S/c1-16(2)33-22-8-7-17(13-23(22)32-3)14-27-24(29)18-9-11-28(12-10-18)34(30,31)15-19-20(25)5-4-6-21(19)26/h4-8,13,16,18H,9-12,14-15H2,1-3H3,(H,27,29). The molecule has 0 spiro atoms. The summed E-state index contributed by atoms with van der Waals surface area (Å²) in [5, 5.41) is 3.60. The number of benzene rings is 2. The van der Waals surface area contributed by atoms with E-state index in [1.165, 1.54) is 4.31 Å². The SMILES string of the molecule is COc1cc(CNC(=O)C2CCN(S(=O)(=O)Cc3c(Cl)cccc3Cl)CC2)ccc1OC(C)C. The molecule has 0 aliphatic carbocycles. The number of methoxy groups -OCH3 is 1. The summed E-state index contributed by atoms with van der Waals surface area (Å²) in [6.45, 7) is 4.78.